The highest BCUT2D eigenvalue weighted by molar-refractivity contribution is 5.91. The lowest BCUT2D eigenvalue weighted by molar-refractivity contribution is 0.145. The summed E-state index contributed by atoms with van der Waals surface area (Å²) in [7, 11) is 0. The van der Waals surface area contributed by atoms with Crippen LogP contribution in [0, 0.1) is 0 Å². The predicted octanol–water partition coefficient (Wildman–Crippen LogP) is 1.59. The Morgan fingerprint density at radius 3 is 2.75 bits per heavy atom. The van der Waals surface area contributed by atoms with Gasteiger partial charge >= 0.3 is 0 Å². The van der Waals surface area contributed by atoms with Gasteiger partial charge in [-0.1, -0.05) is 12.1 Å². The first-order valence-electron chi connectivity index (χ1n) is 8.06. The molecule has 4 rings (SSSR count). The first-order valence-corrected chi connectivity index (χ1v) is 8.06. The summed E-state index contributed by atoms with van der Waals surface area (Å²) in [6, 6.07) is 11.7. The molecule has 0 amide bonds. The zero-order valence-corrected chi connectivity index (χ0v) is 13.2. The molecule has 1 aliphatic rings. The Hall–Kier alpha value is -2.57. The van der Waals surface area contributed by atoms with E-state index in [-0.39, 0.29) is 6.04 Å². The molecule has 122 valence electrons. The maximum Gasteiger partial charge on any atom is 0.163 e. The minimum Gasteiger partial charge on any atom is -0.391 e. The Kier molecular flexibility index (Phi) is 3.84. The van der Waals surface area contributed by atoms with Gasteiger partial charge in [0.25, 0.3) is 0 Å². The summed E-state index contributed by atoms with van der Waals surface area (Å²) >= 11 is 0. The second-order valence-corrected chi connectivity index (χ2v) is 6.18. The number of benzene rings is 1. The van der Waals surface area contributed by atoms with Gasteiger partial charge in [-0.05, 0) is 30.7 Å². The van der Waals surface area contributed by atoms with Crippen molar-refractivity contribution in [2.45, 2.75) is 18.6 Å². The van der Waals surface area contributed by atoms with Crippen LogP contribution in [0.25, 0.3) is 22.3 Å². The summed E-state index contributed by atoms with van der Waals surface area (Å²) in [5, 5.41) is 11.1. The third-order valence-corrected chi connectivity index (χ3v) is 4.26. The molecule has 2 aromatic heterocycles. The topological polar surface area (TPSA) is 88.2 Å². The van der Waals surface area contributed by atoms with E-state index < -0.39 is 6.10 Å². The van der Waals surface area contributed by atoms with Gasteiger partial charge in [0.1, 0.15) is 5.82 Å². The minimum atomic E-state index is -0.440. The molecular formula is C18H19N5O. The highest BCUT2D eigenvalue weighted by Crippen LogP contribution is 2.29. The number of nitrogens with two attached hydrogens (primary N) is 1. The quantitative estimate of drug-likeness (QED) is 0.745. The molecule has 1 aromatic carbocycles. The van der Waals surface area contributed by atoms with E-state index in [2.05, 4.69) is 14.9 Å². The molecule has 0 radical (unpaired) electrons. The monoisotopic (exact) mass is 321 g/mol. The molecule has 0 spiro atoms. The van der Waals surface area contributed by atoms with Crippen LogP contribution in [0.3, 0.4) is 0 Å². The number of aliphatic hydroxyl groups is 1. The molecule has 1 aliphatic heterocycles. The van der Waals surface area contributed by atoms with E-state index in [0.717, 1.165) is 22.3 Å². The fourth-order valence-electron chi connectivity index (χ4n) is 3.21. The van der Waals surface area contributed by atoms with Gasteiger partial charge in [0, 0.05) is 42.5 Å². The fourth-order valence-corrected chi connectivity index (χ4v) is 3.21. The number of nitrogens with zero attached hydrogens (tertiary/aromatic N) is 4. The van der Waals surface area contributed by atoms with Gasteiger partial charge in [-0.2, -0.15) is 0 Å². The van der Waals surface area contributed by atoms with Gasteiger partial charge < -0.3 is 15.7 Å². The van der Waals surface area contributed by atoms with Gasteiger partial charge in [0.15, 0.2) is 5.82 Å². The van der Waals surface area contributed by atoms with Crippen molar-refractivity contribution in [3.63, 3.8) is 0 Å². The van der Waals surface area contributed by atoms with Crippen LogP contribution in [-0.2, 0) is 0 Å². The van der Waals surface area contributed by atoms with E-state index in [9.17, 15) is 5.11 Å². The van der Waals surface area contributed by atoms with Crippen molar-refractivity contribution in [2.24, 2.45) is 5.73 Å². The fraction of sp³-hybridized carbons (Fsp3) is 0.278. The molecule has 3 heterocycles. The van der Waals surface area contributed by atoms with E-state index in [1.54, 1.807) is 12.4 Å². The largest absolute Gasteiger partial charge is 0.391 e. The number of anilines is 1. The number of pyridine rings is 1. The summed E-state index contributed by atoms with van der Waals surface area (Å²) < 4.78 is 0. The Morgan fingerprint density at radius 2 is 1.96 bits per heavy atom. The number of piperidine rings is 1. The van der Waals surface area contributed by atoms with Crippen LogP contribution in [0.5, 0.6) is 0 Å². The minimum absolute atomic E-state index is 0.0654. The Morgan fingerprint density at radius 1 is 1.08 bits per heavy atom. The second-order valence-electron chi connectivity index (χ2n) is 6.18. The third-order valence-electron chi connectivity index (χ3n) is 4.26. The van der Waals surface area contributed by atoms with Crippen LogP contribution in [0.1, 0.15) is 6.42 Å². The summed E-state index contributed by atoms with van der Waals surface area (Å²) in [5.41, 5.74) is 7.83. The average molecular weight is 321 g/mol. The Bertz CT molecular complexity index is 844. The number of hydrogen-bond donors (Lipinski definition) is 2. The highest BCUT2D eigenvalue weighted by Gasteiger charge is 2.26. The number of aromatic nitrogens is 3. The summed E-state index contributed by atoms with van der Waals surface area (Å²) in [6.45, 7) is 1.20. The zero-order valence-electron chi connectivity index (χ0n) is 13.2. The Labute approximate surface area is 140 Å². The van der Waals surface area contributed by atoms with E-state index in [1.165, 1.54) is 0 Å². The first-order chi connectivity index (χ1) is 11.7. The molecule has 2 unspecified atom stereocenters. The van der Waals surface area contributed by atoms with E-state index in [1.807, 2.05) is 36.4 Å². The average Bonchev–Trinajstić information content (AvgIpc) is 2.60. The van der Waals surface area contributed by atoms with Crippen molar-refractivity contribution in [3.8, 4) is 11.4 Å². The molecule has 6 heteroatoms. The summed E-state index contributed by atoms with van der Waals surface area (Å²) in [4.78, 5) is 15.7. The molecule has 24 heavy (non-hydrogen) atoms. The maximum absolute atomic E-state index is 10.1. The predicted molar refractivity (Wildman–Crippen MR) is 93.6 cm³/mol. The third kappa shape index (κ3) is 2.81. The van der Waals surface area contributed by atoms with Gasteiger partial charge in [0.05, 0.1) is 11.6 Å². The molecule has 0 aliphatic carbocycles. The van der Waals surface area contributed by atoms with Gasteiger partial charge in [-0.15, -0.1) is 0 Å². The molecule has 1 saturated heterocycles. The van der Waals surface area contributed by atoms with Gasteiger partial charge in [-0.3, -0.25) is 4.98 Å². The number of β-amino-alcohol motifs (C(OH)–C–C–N with tert-alkyl or cyclic N) is 1. The highest BCUT2D eigenvalue weighted by atomic mass is 16.3. The molecule has 0 saturated carbocycles. The van der Waals surface area contributed by atoms with Crippen LogP contribution in [0.2, 0.25) is 0 Å². The van der Waals surface area contributed by atoms with Crippen molar-refractivity contribution in [1.29, 1.82) is 0 Å². The van der Waals surface area contributed by atoms with E-state index >= 15 is 0 Å². The number of hydrogen-bond acceptors (Lipinski definition) is 6. The molecular weight excluding hydrogens is 302 g/mol. The van der Waals surface area contributed by atoms with Crippen LogP contribution in [0.4, 0.5) is 5.82 Å². The van der Waals surface area contributed by atoms with Crippen LogP contribution >= 0.6 is 0 Å². The lowest BCUT2D eigenvalue weighted by atomic mass is 10.0. The standard InChI is InChI=1S/C18H19N5O/c19-13-8-14(24)11-23(10-13)18-15-5-1-2-6-16(15)21-17(22-18)12-4-3-7-20-9-12/h1-7,9,13-14,24H,8,10-11,19H2. The second kappa shape index (κ2) is 6.14. The van der Waals surface area contributed by atoms with Gasteiger partial charge in [0.2, 0.25) is 0 Å². The Balaban J connectivity index is 1.87. The van der Waals surface area contributed by atoms with E-state index in [0.29, 0.717) is 25.3 Å². The molecule has 1 fully saturated rings. The van der Waals surface area contributed by atoms with Gasteiger partial charge in [-0.25, -0.2) is 9.97 Å². The first kappa shape index (κ1) is 15.0. The number of aliphatic hydroxyl groups excluding tert-OH is 1. The van der Waals surface area contributed by atoms with Crippen molar-refractivity contribution >= 4 is 16.7 Å². The van der Waals surface area contributed by atoms with E-state index in [4.69, 9.17) is 10.7 Å². The lowest BCUT2D eigenvalue weighted by Crippen LogP contribution is -2.49. The molecule has 3 N–H and O–H groups in total. The molecule has 3 aromatic rings. The summed E-state index contributed by atoms with van der Waals surface area (Å²) in [6.07, 6.45) is 3.66. The summed E-state index contributed by atoms with van der Waals surface area (Å²) in [5.74, 6) is 1.44. The SMILES string of the molecule is NC1CC(O)CN(c2nc(-c3cccnc3)nc3ccccc23)C1. The smallest absolute Gasteiger partial charge is 0.163 e. The zero-order chi connectivity index (χ0) is 16.5. The van der Waals surface area contributed by atoms with Crippen LogP contribution in [-0.4, -0.2) is 45.3 Å². The molecule has 6 nitrogen and oxygen atoms in total. The van der Waals surface area contributed by atoms with Crippen molar-refractivity contribution in [2.75, 3.05) is 18.0 Å². The van der Waals surface area contributed by atoms with Crippen molar-refractivity contribution < 1.29 is 5.11 Å². The molecule has 2 atom stereocenters. The van der Waals surface area contributed by atoms with Crippen LogP contribution < -0.4 is 10.6 Å². The lowest BCUT2D eigenvalue weighted by Gasteiger charge is -2.35. The number of para-hydroxylation sites is 1. The van der Waals surface area contributed by atoms with Crippen molar-refractivity contribution in [3.05, 3.63) is 48.8 Å². The number of rotatable bonds is 2. The molecule has 0 bridgehead atoms. The maximum atomic E-state index is 10.1. The normalized spacial score (nSPS) is 21.2. The number of fused-ring (bicyclic) bond motifs is 1. The van der Waals surface area contributed by atoms with Crippen LogP contribution in [0.15, 0.2) is 48.8 Å². The van der Waals surface area contributed by atoms with Crippen molar-refractivity contribution in [1.82, 2.24) is 15.0 Å².